The number of ether oxygens (including phenoxy) is 3. The van der Waals surface area contributed by atoms with Crippen molar-refractivity contribution >= 4 is 0 Å². The van der Waals surface area contributed by atoms with Crippen LogP contribution in [0.4, 0.5) is 0 Å². The third-order valence-corrected chi connectivity index (χ3v) is 4.43. The van der Waals surface area contributed by atoms with Crippen molar-refractivity contribution in [3.63, 3.8) is 0 Å². The van der Waals surface area contributed by atoms with Gasteiger partial charge in [-0.05, 0) is 39.5 Å². The lowest BCUT2D eigenvalue weighted by Crippen LogP contribution is -2.54. The Morgan fingerprint density at radius 3 is 2.83 bits per heavy atom. The van der Waals surface area contributed by atoms with Gasteiger partial charge in [0.15, 0.2) is 0 Å². The van der Waals surface area contributed by atoms with E-state index < -0.39 is 0 Å². The third-order valence-electron chi connectivity index (χ3n) is 4.43. The van der Waals surface area contributed by atoms with Gasteiger partial charge in [0, 0.05) is 32.3 Å². The van der Waals surface area contributed by atoms with E-state index in [-0.39, 0.29) is 17.2 Å². The zero-order valence-electron chi connectivity index (χ0n) is 11.9. The van der Waals surface area contributed by atoms with Gasteiger partial charge in [0.25, 0.3) is 0 Å². The molecule has 0 aromatic heterocycles. The first-order chi connectivity index (χ1) is 8.49. The van der Waals surface area contributed by atoms with Crippen LogP contribution in [0, 0.1) is 5.92 Å². The Morgan fingerprint density at radius 1 is 1.44 bits per heavy atom. The Morgan fingerprint density at radius 2 is 2.22 bits per heavy atom. The number of nitrogens with two attached hydrogens (primary N) is 1. The second kappa shape index (κ2) is 5.45. The van der Waals surface area contributed by atoms with E-state index in [0.717, 1.165) is 39.1 Å². The number of hydrogen-bond donors (Lipinski definition) is 1. The molecule has 4 nitrogen and oxygen atoms in total. The van der Waals surface area contributed by atoms with E-state index >= 15 is 0 Å². The lowest BCUT2D eigenvalue weighted by molar-refractivity contribution is -0.120. The molecule has 1 spiro atoms. The molecule has 0 amide bonds. The van der Waals surface area contributed by atoms with Crippen LogP contribution in [0.3, 0.4) is 0 Å². The minimum absolute atomic E-state index is 0.0545. The maximum Gasteiger partial charge on any atom is 0.0939 e. The minimum atomic E-state index is -0.266. The molecule has 2 aliphatic heterocycles. The van der Waals surface area contributed by atoms with E-state index in [0.29, 0.717) is 12.5 Å². The summed E-state index contributed by atoms with van der Waals surface area (Å²) in [5, 5.41) is 0. The second-order valence-electron chi connectivity index (χ2n) is 6.15. The van der Waals surface area contributed by atoms with Gasteiger partial charge < -0.3 is 19.9 Å². The molecule has 2 fully saturated rings. The molecule has 3 atom stereocenters. The van der Waals surface area contributed by atoms with Gasteiger partial charge in [-0.25, -0.2) is 0 Å². The molecule has 0 aliphatic carbocycles. The lowest BCUT2D eigenvalue weighted by Gasteiger charge is -2.43. The van der Waals surface area contributed by atoms with Gasteiger partial charge in [0.1, 0.15) is 0 Å². The summed E-state index contributed by atoms with van der Waals surface area (Å²) in [6.45, 7) is 9.25. The summed E-state index contributed by atoms with van der Waals surface area (Å²) in [6, 6.07) is 0.0545. The average Bonchev–Trinajstić information content (AvgIpc) is 2.76. The van der Waals surface area contributed by atoms with Gasteiger partial charge in [-0.2, -0.15) is 0 Å². The zero-order valence-corrected chi connectivity index (χ0v) is 11.9. The Labute approximate surface area is 110 Å². The van der Waals surface area contributed by atoms with Crippen molar-refractivity contribution in [3.8, 4) is 0 Å². The average molecular weight is 257 g/mol. The Kier molecular flexibility index (Phi) is 4.32. The molecule has 2 heterocycles. The van der Waals surface area contributed by atoms with E-state index in [1.54, 1.807) is 0 Å². The summed E-state index contributed by atoms with van der Waals surface area (Å²) in [5.74, 6) is 0.460. The normalized spacial score (nSPS) is 35.0. The fourth-order valence-electron chi connectivity index (χ4n) is 3.27. The fourth-order valence-corrected chi connectivity index (χ4v) is 3.27. The standard InChI is InChI=1S/C14H27NO3/c1-4-17-13(2,3)12(15)11-5-7-18-14(9-11)6-8-16-10-14/h11-12H,4-10,15H2,1-3H3. The van der Waals surface area contributed by atoms with E-state index in [1.807, 2.05) is 6.92 Å². The summed E-state index contributed by atoms with van der Waals surface area (Å²) < 4.78 is 17.3. The first-order valence-corrected chi connectivity index (χ1v) is 7.10. The van der Waals surface area contributed by atoms with Crippen LogP contribution in [0.25, 0.3) is 0 Å². The van der Waals surface area contributed by atoms with Crippen molar-refractivity contribution in [2.45, 2.75) is 57.3 Å². The largest absolute Gasteiger partial charge is 0.378 e. The molecule has 2 aliphatic rings. The predicted molar refractivity (Wildman–Crippen MR) is 70.5 cm³/mol. The third kappa shape index (κ3) is 2.87. The van der Waals surface area contributed by atoms with Crippen LogP contribution in [-0.4, -0.2) is 43.7 Å². The fraction of sp³-hybridized carbons (Fsp3) is 1.00. The first kappa shape index (κ1) is 14.3. The van der Waals surface area contributed by atoms with E-state index in [2.05, 4.69) is 13.8 Å². The molecule has 2 saturated heterocycles. The molecule has 0 radical (unpaired) electrons. The van der Waals surface area contributed by atoms with E-state index in [4.69, 9.17) is 19.9 Å². The summed E-state index contributed by atoms with van der Waals surface area (Å²) in [6.07, 6.45) is 3.04. The van der Waals surface area contributed by atoms with Crippen molar-refractivity contribution in [3.05, 3.63) is 0 Å². The van der Waals surface area contributed by atoms with Gasteiger partial charge in [-0.1, -0.05) is 0 Å². The van der Waals surface area contributed by atoms with Gasteiger partial charge >= 0.3 is 0 Å². The molecule has 2 N–H and O–H groups in total. The summed E-state index contributed by atoms with van der Waals surface area (Å²) in [5.41, 5.74) is 6.11. The van der Waals surface area contributed by atoms with Gasteiger partial charge in [0.05, 0.1) is 17.8 Å². The smallest absolute Gasteiger partial charge is 0.0939 e. The highest BCUT2D eigenvalue weighted by atomic mass is 16.6. The van der Waals surface area contributed by atoms with Gasteiger partial charge in [-0.15, -0.1) is 0 Å². The highest BCUT2D eigenvalue weighted by Crippen LogP contribution is 2.38. The van der Waals surface area contributed by atoms with Crippen LogP contribution in [0.15, 0.2) is 0 Å². The molecule has 18 heavy (non-hydrogen) atoms. The Hall–Kier alpha value is -0.160. The second-order valence-corrected chi connectivity index (χ2v) is 6.15. The molecule has 0 bridgehead atoms. The van der Waals surface area contributed by atoms with E-state index in [1.165, 1.54) is 0 Å². The van der Waals surface area contributed by atoms with Gasteiger partial charge in [-0.3, -0.25) is 0 Å². The van der Waals surface area contributed by atoms with Crippen molar-refractivity contribution in [2.75, 3.05) is 26.4 Å². The lowest BCUT2D eigenvalue weighted by atomic mass is 9.76. The predicted octanol–water partition coefficient (Wildman–Crippen LogP) is 1.71. The minimum Gasteiger partial charge on any atom is -0.378 e. The van der Waals surface area contributed by atoms with E-state index in [9.17, 15) is 0 Å². The highest BCUT2D eigenvalue weighted by Gasteiger charge is 2.45. The molecule has 3 unspecified atom stereocenters. The van der Waals surface area contributed by atoms with Crippen molar-refractivity contribution in [1.29, 1.82) is 0 Å². The zero-order chi connectivity index (χ0) is 13.2. The SMILES string of the molecule is CCOC(C)(C)C(N)C1CCOC2(CCOC2)C1. The monoisotopic (exact) mass is 257 g/mol. The summed E-state index contributed by atoms with van der Waals surface area (Å²) in [7, 11) is 0. The molecular weight excluding hydrogens is 230 g/mol. The van der Waals surface area contributed by atoms with Crippen molar-refractivity contribution in [2.24, 2.45) is 11.7 Å². The molecule has 2 rings (SSSR count). The summed E-state index contributed by atoms with van der Waals surface area (Å²) >= 11 is 0. The molecule has 0 saturated carbocycles. The highest BCUT2D eigenvalue weighted by molar-refractivity contribution is 4.97. The quantitative estimate of drug-likeness (QED) is 0.833. The Balaban J connectivity index is 2.00. The van der Waals surface area contributed by atoms with Crippen LogP contribution in [0.1, 0.15) is 40.0 Å². The Bertz CT molecular complexity index is 274. The molecular formula is C14H27NO3. The maximum atomic E-state index is 6.44. The first-order valence-electron chi connectivity index (χ1n) is 7.10. The van der Waals surface area contributed by atoms with Crippen LogP contribution in [0.2, 0.25) is 0 Å². The van der Waals surface area contributed by atoms with Crippen LogP contribution >= 0.6 is 0 Å². The molecule has 0 aromatic rings. The summed E-state index contributed by atoms with van der Waals surface area (Å²) in [4.78, 5) is 0. The van der Waals surface area contributed by atoms with Crippen LogP contribution < -0.4 is 5.73 Å². The number of rotatable bonds is 4. The van der Waals surface area contributed by atoms with Crippen molar-refractivity contribution in [1.82, 2.24) is 0 Å². The van der Waals surface area contributed by atoms with Crippen molar-refractivity contribution < 1.29 is 14.2 Å². The topological polar surface area (TPSA) is 53.7 Å². The molecule has 0 aromatic carbocycles. The van der Waals surface area contributed by atoms with Crippen LogP contribution in [-0.2, 0) is 14.2 Å². The maximum absolute atomic E-state index is 6.44. The van der Waals surface area contributed by atoms with Crippen LogP contribution in [0.5, 0.6) is 0 Å². The number of hydrogen-bond acceptors (Lipinski definition) is 4. The molecule has 4 heteroatoms. The molecule has 106 valence electrons. The van der Waals surface area contributed by atoms with Gasteiger partial charge in [0.2, 0.25) is 0 Å².